The SMILES string of the molecule is O=[N+]([O-])c1cc(C2CCCCC2)c([O-])c([N+](=O)[O-])c1.[Na+]. The molecule has 1 aliphatic carbocycles. The van der Waals surface area contributed by atoms with E-state index in [0.29, 0.717) is 0 Å². The van der Waals surface area contributed by atoms with Crippen molar-refractivity contribution in [1.82, 2.24) is 0 Å². The molecule has 8 heteroatoms. The zero-order valence-corrected chi connectivity index (χ0v) is 13.2. The number of hydrogen-bond donors (Lipinski definition) is 0. The fourth-order valence-electron chi connectivity index (χ4n) is 2.58. The van der Waals surface area contributed by atoms with E-state index in [4.69, 9.17) is 0 Å². The van der Waals surface area contributed by atoms with E-state index in [0.717, 1.165) is 38.2 Å². The van der Waals surface area contributed by atoms with E-state index in [2.05, 4.69) is 0 Å². The first kappa shape index (κ1) is 16.9. The molecule has 0 unspecified atom stereocenters. The summed E-state index contributed by atoms with van der Waals surface area (Å²) in [7, 11) is 0. The smallest absolute Gasteiger partial charge is 0.868 e. The summed E-state index contributed by atoms with van der Waals surface area (Å²) in [6, 6.07) is 1.94. The van der Waals surface area contributed by atoms with E-state index >= 15 is 0 Å². The molecule has 2 rings (SSSR count). The Labute approximate surface area is 137 Å². The second kappa shape index (κ2) is 7.01. The second-order valence-corrected chi connectivity index (χ2v) is 4.73. The summed E-state index contributed by atoms with van der Waals surface area (Å²) >= 11 is 0. The maximum Gasteiger partial charge on any atom is 1.00 e. The molecule has 0 aliphatic heterocycles. The molecule has 0 bridgehead atoms. The molecule has 0 spiro atoms. The normalized spacial score (nSPS) is 15.4. The Morgan fingerprint density at radius 2 is 1.60 bits per heavy atom. The van der Waals surface area contributed by atoms with Crippen LogP contribution in [0.5, 0.6) is 5.75 Å². The predicted octanol–water partition coefficient (Wildman–Crippen LogP) is -0.372. The molecule has 0 saturated heterocycles. The standard InChI is InChI=1S/C12H14N2O5.Na/c15-12-10(8-4-2-1-3-5-8)6-9(13(16)17)7-11(12)14(18)19;/h6-8,15H,1-5H2;/q;+1/p-1. The summed E-state index contributed by atoms with van der Waals surface area (Å²) in [4.78, 5) is 20.1. The van der Waals surface area contributed by atoms with Gasteiger partial charge in [0.2, 0.25) is 0 Å². The Bertz CT molecular complexity index is 529. The fraction of sp³-hybridized carbons (Fsp3) is 0.500. The van der Waals surface area contributed by atoms with Crippen molar-refractivity contribution in [1.29, 1.82) is 0 Å². The van der Waals surface area contributed by atoms with Crippen molar-refractivity contribution in [3.05, 3.63) is 37.9 Å². The van der Waals surface area contributed by atoms with Crippen LogP contribution in [0.2, 0.25) is 0 Å². The maximum absolute atomic E-state index is 12.0. The molecule has 0 heterocycles. The van der Waals surface area contributed by atoms with Gasteiger partial charge in [-0.2, -0.15) is 0 Å². The Morgan fingerprint density at radius 3 is 2.10 bits per heavy atom. The Kier molecular flexibility index (Phi) is 5.91. The van der Waals surface area contributed by atoms with Gasteiger partial charge in [0.05, 0.1) is 15.9 Å². The van der Waals surface area contributed by atoms with E-state index < -0.39 is 21.3 Å². The van der Waals surface area contributed by atoms with Crippen molar-refractivity contribution < 1.29 is 44.5 Å². The summed E-state index contributed by atoms with van der Waals surface area (Å²) in [5.74, 6) is -0.776. The largest absolute Gasteiger partial charge is 1.00 e. The Morgan fingerprint density at radius 1 is 1.00 bits per heavy atom. The third kappa shape index (κ3) is 3.47. The van der Waals surface area contributed by atoms with Gasteiger partial charge in [0.15, 0.2) is 0 Å². The number of nitro benzene ring substituents is 2. The van der Waals surface area contributed by atoms with Gasteiger partial charge in [-0.1, -0.05) is 19.3 Å². The van der Waals surface area contributed by atoms with Crippen molar-refractivity contribution in [3.8, 4) is 5.75 Å². The molecule has 0 aromatic heterocycles. The quantitative estimate of drug-likeness (QED) is 0.428. The first-order valence-corrected chi connectivity index (χ1v) is 6.14. The van der Waals surface area contributed by atoms with E-state index in [-0.39, 0.29) is 46.7 Å². The summed E-state index contributed by atoms with van der Waals surface area (Å²) in [6.07, 6.45) is 4.48. The first-order valence-electron chi connectivity index (χ1n) is 6.14. The molecule has 0 atom stereocenters. The predicted molar refractivity (Wildman–Crippen MR) is 65.0 cm³/mol. The van der Waals surface area contributed by atoms with E-state index in [1.54, 1.807) is 0 Å². The molecule has 102 valence electrons. The number of non-ortho nitro benzene ring substituents is 1. The van der Waals surface area contributed by atoms with Crippen molar-refractivity contribution >= 4 is 11.4 Å². The minimum atomic E-state index is -0.846. The van der Waals surface area contributed by atoms with Gasteiger partial charge in [-0.15, -0.1) is 0 Å². The summed E-state index contributed by atoms with van der Waals surface area (Å²) < 4.78 is 0. The van der Waals surface area contributed by atoms with Crippen molar-refractivity contribution in [2.45, 2.75) is 38.0 Å². The third-order valence-electron chi connectivity index (χ3n) is 3.54. The summed E-state index contributed by atoms with van der Waals surface area (Å²) in [5.41, 5.74) is -0.859. The molecule has 1 aromatic carbocycles. The van der Waals surface area contributed by atoms with E-state index in [9.17, 15) is 25.3 Å². The average molecular weight is 288 g/mol. The zero-order valence-electron chi connectivity index (χ0n) is 11.2. The monoisotopic (exact) mass is 288 g/mol. The van der Waals surface area contributed by atoms with Gasteiger partial charge in [-0.25, -0.2) is 0 Å². The molecule has 20 heavy (non-hydrogen) atoms. The number of nitro groups is 2. The molecule has 1 saturated carbocycles. The van der Waals surface area contributed by atoms with Crippen LogP contribution < -0.4 is 34.7 Å². The zero-order chi connectivity index (χ0) is 14.0. The molecular weight excluding hydrogens is 275 g/mol. The van der Waals surface area contributed by atoms with Crippen molar-refractivity contribution in [2.75, 3.05) is 0 Å². The minimum absolute atomic E-state index is 0. The van der Waals surface area contributed by atoms with Crippen LogP contribution >= 0.6 is 0 Å². The molecule has 1 aliphatic rings. The Balaban J connectivity index is 0.00000200. The molecule has 7 nitrogen and oxygen atoms in total. The summed E-state index contributed by atoms with van der Waals surface area (Å²) in [6.45, 7) is 0. The number of hydrogen-bond acceptors (Lipinski definition) is 5. The minimum Gasteiger partial charge on any atom is -0.868 e. The van der Waals surface area contributed by atoms with Gasteiger partial charge in [-0.3, -0.25) is 20.2 Å². The van der Waals surface area contributed by atoms with Crippen LogP contribution in [0.1, 0.15) is 43.6 Å². The van der Waals surface area contributed by atoms with Crippen LogP contribution in [0.15, 0.2) is 12.1 Å². The van der Waals surface area contributed by atoms with Crippen LogP contribution in [-0.2, 0) is 0 Å². The summed E-state index contributed by atoms with van der Waals surface area (Å²) in [5, 5.41) is 33.6. The Hall–Kier alpha value is -1.18. The van der Waals surface area contributed by atoms with Gasteiger partial charge in [0.1, 0.15) is 0 Å². The number of benzene rings is 1. The van der Waals surface area contributed by atoms with Crippen molar-refractivity contribution in [2.24, 2.45) is 0 Å². The van der Waals surface area contributed by atoms with Crippen molar-refractivity contribution in [3.63, 3.8) is 0 Å². The second-order valence-electron chi connectivity index (χ2n) is 4.73. The van der Waals surface area contributed by atoms with Gasteiger partial charge in [-0.05, 0) is 30.1 Å². The van der Waals surface area contributed by atoms with E-state index in [1.807, 2.05) is 0 Å². The fourth-order valence-corrected chi connectivity index (χ4v) is 2.58. The molecule has 1 aromatic rings. The molecule has 0 amide bonds. The van der Waals surface area contributed by atoms with Gasteiger partial charge in [0, 0.05) is 6.07 Å². The van der Waals surface area contributed by atoms with Gasteiger partial charge >= 0.3 is 29.6 Å². The number of nitrogens with zero attached hydrogens (tertiary/aromatic N) is 2. The molecule has 1 fully saturated rings. The molecular formula is C12H13N2NaO5. The van der Waals surface area contributed by atoms with Crippen LogP contribution in [-0.4, -0.2) is 9.85 Å². The van der Waals surface area contributed by atoms with Crippen LogP contribution in [0.4, 0.5) is 11.4 Å². The van der Waals surface area contributed by atoms with Crippen LogP contribution in [0.3, 0.4) is 0 Å². The molecule has 0 N–H and O–H groups in total. The van der Waals surface area contributed by atoms with Gasteiger partial charge < -0.3 is 5.11 Å². The topological polar surface area (TPSA) is 109 Å². The third-order valence-corrected chi connectivity index (χ3v) is 3.54. The van der Waals surface area contributed by atoms with Crippen LogP contribution in [0.25, 0.3) is 0 Å². The van der Waals surface area contributed by atoms with Gasteiger partial charge in [0.25, 0.3) is 11.4 Å². The van der Waals surface area contributed by atoms with Crippen LogP contribution in [0, 0.1) is 20.2 Å². The first-order chi connectivity index (χ1) is 9.00. The average Bonchev–Trinajstić information content (AvgIpc) is 2.39. The number of rotatable bonds is 3. The maximum atomic E-state index is 12.0. The van der Waals surface area contributed by atoms with E-state index in [1.165, 1.54) is 6.07 Å². The molecule has 0 radical (unpaired) electrons.